The van der Waals surface area contributed by atoms with Crippen molar-refractivity contribution in [2.24, 2.45) is 11.7 Å². The quantitative estimate of drug-likeness (QED) is 0.736. The van der Waals surface area contributed by atoms with Crippen LogP contribution in [0.2, 0.25) is 0 Å². The summed E-state index contributed by atoms with van der Waals surface area (Å²) in [7, 11) is 0. The number of piperidine rings is 1. The fourth-order valence-electron chi connectivity index (χ4n) is 2.16. The smallest absolute Gasteiger partial charge is 0.00725 e. The van der Waals surface area contributed by atoms with E-state index in [1.165, 1.54) is 50.4 Å². The van der Waals surface area contributed by atoms with Crippen LogP contribution in [0.1, 0.15) is 26.2 Å². The van der Waals surface area contributed by atoms with Gasteiger partial charge < -0.3 is 10.6 Å². The fraction of sp³-hybridized carbons (Fsp3) is 1.00. The first-order valence-corrected chi connectivity index (χ1v) is 7.02. The normalized spacial score (nSPS) is 22.4. The number of halogens is 1. The van der Waals surface area contributed by atoms with Crippen LogP contribution >= 0.6 is 24.2 Å². The van der Waals surface area contributed by atoms with Gasteiger partial charge in [0, 0.05) is 18.8 Å². The summed E-state index contributed by atoms with van der Waals surface area (Å²) in [5.41, 5.74) is 5.60. The standard InChI is InChI=1S/C11H24N2S.ClH/c1-2-14-9-8-13-7-3-4-11(10-13)5-6-12;/h11H,2-10,12H2,1H3;1H. The highest BCUT2D eigenvalue weighted by molar-refractivity contribution is 7.99. The molecular weight excluding hydrogens is 228 g/mol. The van der Waals surface area contributed by atoms with Crippen molar-refractivity contribution in [1.82, 2.24) is 4.90 Å². The van der Waals surface area contributed by atoms with Crippen LogP contribution in [0.4, 0.5) is 0 Å². The van der Waals surface area contributed by atoms with Crippen molar-refractivity contribution < 1.29 is 0 Å². The average Bonchev–Trinajstić information content (AvgIpc) is 2.19. The molecule has 2 N–H and O–H groups in total. The van der Waals surface area contributed by atoms with Crippen LogP contribution in [-0.2, 0) is 0 Å². The first-order valence-electron chi connectivity index (χ1n) is 5.87. The largest absolute Gasteiger partial charge is 0.330 e. The van der Waals surface area contributed by atoms with Gasteiger partial charge in [-0.15, -0.1) is 12.4 Å². The summed E-state index contributed by atoms with van der Waals surface area (Å²) in [4.78, 5) is 2.62. The molecule has 1 fully saturated rings. The Labute approximate surface area is 105 Å². The Morgan fingerprint density at radius 1 is 1.47 bits per heavy atom. The molecular formula is C11H25ClN2S. The zero-order valence-electron chi connectivity index (χ0n) is 9.78. The van der Waals surface area contributed by atoms with Gasteiger partial charge in [-0.3, -0.25) is 0 Å². The third-order valence-corrected chi connectivity index (χ3v) is 3.81. The minimum Gasteiger partial charge on any atom is -0.330 e. The van der Waals surface area contributed by atoms with Crippen molar-refractivity contribution in [1.29, 1.82) is 0 Å². The predicted octanol–water partition coefficient (Wildman–Crippen LogP) is 2.22. The Morgan fingerprint density at radius 2 is 2.27 bits per heavy atom. The first kappa shape index (κ1) is 15.6. The van der Waals surface area contributed by atoms with E-state index in [0.29, 0.717) is 0 Å². The number of nitrogens with two attached hydrogens (primary N) is 1. The van der Waals surface area contributed by atoms with Gasteiger partial charge in [-0.25, -0.2) is 0 Å². The number of thioether (sulfide) groups is 1. The molecule has 0 saturated carbocycles. The van der Waals surface area contributed by atoms with Crippen molar-refractivity contribution in [2.45, 2.75) is 26.2 Å². The third kappa shape index (κ3) is 6.67. The molecule has 1 rings (SSSR count). The molecule has 0 bridgehead atoms. The maximum Gasteiger partial charge on any atom is 0.00725 e. The Bertz CT molecular complexity index is 145. The summed E-state index contributed by atoms with van der Waals surface area (Å²) in [6.45, 7) is 6.98. The van der Waals surface area contributed by atoms with Crippen molar-refractivity contribution in [3.8, 4) is 0 Å². The van der Waals surface area contributed by atoms with Gasteiger partial charge in [-0.05, 0) is 44.0 Å². The molecule has 1 saturated heterocycles. The monoisotopic (exact) mass is 252 g/mol. The molecule has 2 nitrogen and oxygen atoms in total. The molecule has 0 aromatic rings. The molecule has 0 spiro atoms. The molecule has 1 heterocycles. The van der Waals surface area contributed by atoms with E-state index in [9.17, 15) is 0 Å². The molecule has 1 aliphatic rings. The number of likely N-dealkylation sites (tertiary alicyclic amines) is 1. The lowest BCUT2D eigenvalue weighted by atomic mass is 9.95. The van der Waals surface area contributed by atoms with E-state index < -0.39 is 0 Å². The second kappa shape index (κ2) is 9.76. The van der Waals surface area contributed by atoms with Crippen LogP contribution in [0.25, 0.3) is 0 Å². The van der Waals surface area contributed by atoms with E-state index in [-0.39, 0.29) is 12.4 Å². The highest BCUT2D eigenvalue weighted by atomic mass is 35.5. The second-order valence-corrected chi connectivity index (χ2v) is 5.48. The number of nitrogens with zero attached hydrogens (tertiary/aromatic N) is 1. The molecule has 0 aliphatic carbocycles. The van der Waals surface area contributed by atoms with Gasteiger partial charge in [0.25, 0.3) is 0 Å². The van der Waals surface area contributed by atoms with Crippen LogP contribution in [-0.4, -0.2) is 42.6 Å². The summed E-state index contributed by atoms with van der Waals surface area (Å²) in [6, 6.07) is 0. The first-order chi connectivity index (χ1) is 6.86. The number of rotatable bonds is 6. The SMILES string of the molecule is CCSCCN1CCCC(CCN)C1.Cl. The van der Waals surface area contributed by atoms with Crippen LogP contribution in [0.5, 0.6) is 0 Å². The summed E-state index contributed by atoms with van der Waals surface area (Å²) in [5, 5.41) is 0. The molecule has 0 amide bonds. The van der Waals surface area contributed by atoms with Crippen molar-refractivity contribution in [3.63, 3.8) is 0 Å². The molecule has 0 aromatic heterocycles. The van der Waals surface area contributed by atoms with E-state index in [1.807, 2.05) is 11.8 Å². The molecule has 92 valence electrons. The van der Waals surface area contributed by atoms with E-state index in [4.69, 9.17) is 5.73 Å². The third-order valence-electron chi connectivity index (χ3n) is 2.93. The van der Waals surface area contributed by atoms with E-state index in [0.717, 1.165) is 12.5 Å². The van der Waals surface area contributed by atoms with Gasteiger partial charge in [0.1, 0.15) is 0 Å². The van der Waals surface area contributed by atoms with E-state index in [1.54, 1.807) is 0 Å². The topological polar surface area (TPSA) is 29.3 Å². The van der Waals surface area contributed by atoms with Crippen LogP contribution in [0.3, 0.4) is 0 Å². The zero-order chi connectivity index (χ0) is 10.2. The van der Waals surface area contributed by atoms with Crippen LogP contribution in [0.15, 0.2) is 0 Å². The second-order valence-electron chi connectivity index (χ2n) is 4.08. The van der Waals surface area contributed by atoms with Crippen LogP contribution in [0, 0.1) is 5.92 Å². The van der Waals surface area contributed by atoms with E-state index >= 15 is 0 Å². The van der Waals surface area contributed by atoms with Gasteiger partial charge >= 0.3 is 0 Å². The molecule has 4 heteroatoms. The minimum absolute atomic E-state index is 0. The molecule has 1 aliphatic heterocycles. The number of hydrogen-bond donors (Lipinski definition) is 1. The Hall–Kier alpha value is 0.560. The Kier molecular flexibility index (Phi) is 10.1. The van der Waals surface area contributed by atoms with Gasteiger partial charge in [0.2, 0.25) is 0 Å². The molecule has 0 aromatic carbocycles. The Morgan fingerprint density at radius 3 is 2.93 bits per heavy atom. The van der Waals surface area contributed by atoms with Gasteiger partial charge in [-0.2, -0.15) is 11.8 Å². The summed E-state index contributed by atoms with van der Waals surface area (Å²) < 4.78 is 0. The molecule has 0 radical (unpaired) electrons. The minimum atomic E-state index is 0. The predicted molar refractivity (Wildman–Crippen MR) is 73.1 cm³/mol. The average molecular weight is 253 g/mol. The van der Waals surface area contributed by atoms with Gasteiger partial charge in [0.15, 0.2) is 0 Å². The lowest BCUT2D eigenvalue weighted by molar-refractivity contribution is 0.179. The number of hydrogen-bond acceptors (Lipinski definition) is 3. The lowest BCUT2D eigenvalue weighted by Crippen LogP contribution is -2.37. The lowest BCUT2D eigenvalue weighted by Gasteiger charge is -2.32. The summed E-state index contributed by atoms with van der Waals surface area (Å²) >= 11 is 2.05. The zero-order valence-corrected chi connectivity index (χ0v) is 11.4. The van der Waals surface area contributed by atoms with Gasteiger partial charge in [-0.1, -0.05) is 6.92 Å². The van der Waals surface area contributed by atoms with Crippen molar-refractivity contribution in [2.75, 3.05) is 37.7 Å². The fourth-order valence-corrected chi connectivity index (χ4v) is 2.84. The molecule has 1 unspecified atom stereocenters. The summed E-state index contributed by atoms with van der Waals surface area (Å²) in [6.07, 6.45) is 3.99. The highest BCUT2D eigenvalue weighted by Crippen LogP contribution is 2.19. The highest BCUT2D eigenvalue weighted by Gasteiger charge is 2.18. The van der Waals surface area contributed by atoms with Gasteiger partial charge in [0.05, 0.1) is 0 Å². The van der Waals surface area contributed by atoms with Crippen LogP contribution < -0.4 is 5.73 Å². The Balaban J connectivity index is 0.00000196. The summed E-state index contributed by atoms with van der Waals surface area (Å²) in [5.74, 6) is 3.42. The van der Waals surface area contributed by atoms with Crippen molar-refractivity contribution >= 4 is 24.2 Å². The maximum absolute atomic E-state index is 5.60. The molecule has 15 heavy (non-hydrogen) atoms. The molecule has 1 atom stereocenters. The van der Waals surface area contributed by atoms with Crippen molar-refractivity contribution in [3.05, 3.63) is 0 Å². The maximum atomic E-state index is 5.60. The van der Waals surface area contributed by atoms with E-state index in [2.05, 4.69) is 11.8 Å².